The van der Waals surface area contributed by atoms with Crippen LogP contribution in [-0.4, -0.2) is 31.8 Å². The number of fused-ring (bicyclic) bond motifs is 1. The van der Waals surface area contributed by atoms with Crippen LogP contribution in [-0.2, 0) is 28.6 Å². The van der Waals surface area contributed by atoms with Gasteiger partial charge >= 0.3 is 5.97 Å². The maximum atomic E-state index is 11.6. The zero-order valence-corrected chi connectivity index (χ0v) is 15.7. The first-order chi connectivity index (χ1) is 13.1. The molecule has 5 nitrogen and oxygen atoms in total. The smallest absolute Gasteiger partial charge is 0.316 e. The Hall–Kier alpha value is -2.73. The second kappa shape index (κ2) is 9.28. The zero-order chi connectivity index (χ0) is 19.1. The summed E-state index contributed by atoms with van der Waals surface area (Å²) < 4.78 is 17.4. The molecular weight excluding hydrogens is 362 g/mol. The Labute approximate surface area is 160 Å². The molecule has 0 fully saturated rings. The van der Waals surface area contributed by atoms with Crippen molar-refractivity contribution in [2.75, 3.05) is 11.5 Å². The number of aliphatic carboxylic acids is 1. The Morgan fingerprint density at radius 3 is 2.78 bits per heavy atom. The van der Waals surface area contributed by atoms with Gasteiger partial charge in [0.2, 0.25) is 0 Å². The van der Waals surface area contributed by atoms with E-state index in [1.807, 2.05) is 60.7 Å². The van der Waals surface area contributed by atoms with E-state index >= 15 is 0 Å². The van der Waals surface area contributed by atoms with Crippen LogP contribution >= 0.6 is 0 Å². The fourth-order valence-electron chi connectivity index (χ4n) is 2.78. The van der Waals surface area contributed by atoms with E-state index in [-0.39, 0.29) is 5.75 Å². The van der Waals surface area contributed by atoms with Crippen LogP contribution in [0.2, 0.25) is 0 Å². The van der Waals surface area contributed by atoms with Crippen LogP contribution in [0.25, 0.3) is 10.9 Å². The number of carboxylic acid groups (broad SMARTS) is 1. The number of nitrogens with zero attached hydrogens (tertiary/aromatic N) is 1. The highest BCUT2D eigenvalue weighted by atomic mass is 32.2. The number of carbonyl (C=O) groups is 1. The Morgan fingerprint density at radius 1 is 1.07 bits per heavy atom. The van der Waals surface area contributed by atoms with Gasteiger partial charge in [-0.1, -0.05) is 36.4 Å². The molecule has 140 valence electrons. The molecule has 1 heterocycles. The van der Waals surface area contributed by atoms with Crippen molar-refractivity contribution in [1.29, 1.82) is 0 Å². The Balaban J connectivity index is 1.53. The molecule has 0 radical (unpaired) electrons. The molecule has 1 unspecified atom stereocenters. The van der Waals surface area contributed by atoms with Gasteiger partial charge < -0.3 is 9.84 Å². The molecule has 0 aliphatic carbocycles. The van der Waals surface area contributed by atoms with E-state index < -0.39 is 16.8 Å². The molecule has 1 atom stereocenters. The largest absolute Gasteiger partial charge is 0.487 e. The number of hydrogen-bond acceptors (Lipinski definition) is 4. The molecule has 1 N–H and O–H groups in total. The fourth-order valence-corrected chi connectivity index (χ4v) is 3.67. The predicted molar refractivity (Wildman–Crippen MR) is 106 cm³/mol. The van der Waals surface area contributed by atoms with Crippen molar-refractivity contribution < 1.29 is 18.8 Å². The van der Waals surface area contributed by atoms with Crippen LogP contribution in [0, 0.1) is 0 Å². The molecule has 1 aromatic heterocycles. The maximum absolute atomic E-state index is 11.6. The van der Waals surface area contributed by atoms with Crippen molar-refractivity contribution in [3.8, 4) is 5.75 Å². The minimum atomic E-state index is -1.31. The van der Waals surface area contributed by atoms with E-state index in [2.05, 4.69) is 4.98 Å². The second-order valence-electron chi connectivity index (χ2n) is 6.22. The topological polar surface area (TPSA) is 76.5 Å². The second-order valence-corrected chi connectivity index (χ2v) is 7.79. The highest BCUT2D eigenvalue weighted by molar-refractivity contribution is 7.85. The lowest BCUT2D eigenvalue weighted by atomic mass is 10.1. The lowest BCUT2D eigenvalue weighted by molar-refractivity contribution is -0.133. The number of para-hydroxylation sites is 1. The van der Waals surface area contributed by atoms with Crippen molar-refractivity contribution in [1.82, 2.24) is 4.98 Å². The molecule has 0 bridgehead atoms. The third kappa shape index (κ3) is 5.89. The van der Waals surface area contributed by atoms with Gasteiger partial charge in [-0.2, -0.15) is 0 Å². The van der Waals surface area contributed by atoms with E-state index in [0.717, 1.165) is 34.3 Å². The molecular formula is C21H21NO4S. The van der Waals surface area contributed by atoms with Crippen LogP contribution < -0.4 is 4.74 Å². The van der Waals surface area contributed by atoms with Gasteiger partial charge in [-0.15, -0.1) is 0 Å². The summed E-state index contributed by atoms with van der Waals surface area (Å²) in [6.45, 7) is 0.386. The van der Waals surface area contributed by atoms with Crippen LogP contribution in [0.4, 0.5) is 0 Å². The van der Waals surface area contributed by atoms with Crippen molar-refractivity contribution in [3.63, 3.8) is 0 Å². The number of benzene rings is 2. The first-order valence-electron chi connectivity index (χ1n) is 8.73. The molecule has 0 spiro atoms. The van der Waals surface area contributed by atoms with Crippen LogP contribution in [0.15, 0.2) is 60.7 Å². The van der Waals surface area contributed by atoms with Crippen molar-refractivity contribution in [3.05, 3.63) is 71.9 Å². The van der Waals surface area contributed by atoms with Gasteiger partial charge in [-0.05, 0) is 42.7 Å². The Kier molecular flexibility index (Phi) is 6.54. The van der Waals surface area contributed by atoms with Crippen molar-refractivity contribution >= 4 is 27.7 Å². The quantitative estimate of drug-likeness (QED) is 0.611. The van der Waals surface area contributed by atoms with Crippen LogP contribution in [0.5, 0.6) is 5.75 Å². The molecule has 6 heteroatoms. The summed E-state index contributed by atoms with van der Waals surface area (Å²) in [4.78, 5) is 15.1. The summed E-state index contributed by atoms with van der Waals surface area (Å²) in [5, 5.41) is 9.73. The predicted octanol–water partition coefficient (Wildman–Crippen LogP) is 3.58. The summed E-state index contributed by atoms with van der Waals surface area (Å²) in [7, 11) is -1.31. The summed E-state index contributed by atoms with van der Waals surface area (Å²) >= 11 is 0. The Morgan fingerprint density at radius 2 is 1.93 bits per heavy atom. The molecule has 0 saturated carbocycles. The monoisotopic (exact) mass is 383 g/mol. The lowest BCUT2D eigenvalue weighted by Gasteiger charge is -2.08. The van der Waals surface area contributed by atoms with Crippen LogP contribution in [0.1, 0.15) is 17.7 Å². The van der Waals surface area contributed by atoms with Gasteiger partial charge in [0.1, 0.15) is 18.1 Å². The SMILES string of the molecule is O=C(O)CS(=O)CCCc1cccc(OCc2ccc3ccccc3n2)c1. The van der Waals surface area contributed by atoms with Gasteiger partial charge in [0, 0.05) is 21.9 Å². The summed E-state index contributed by atoms with van der Waals surface area (Å²) in [5.41, 5.74) is 2.89. The molecule has 0 amide bonds. The summed E-state index contributed by atoms with van der Waals surface area (Å²) in [6, 6.07) is 19.7. The number of pyridine rings is 1. The number of rotatable bonds is 9. The molecule has 2 aromatic carbocycles. The van der Waals surface area contributed by atoms with Gasteiger partial charge in [0.05, 0.1) is 11.2 Å². The average molecular weight is 383 g/mol. The van der Waals surface area contributed by atoms with Gasteiger partial charge in [-0.25, -0.2) is 4.98 Å². The maximum Gasteiger partial charge on any atom is 0.316 e. The zero-order valence-electron chi connectivity index (χ0n) is 14.8. The van der Waals surface area contributed by atoms with Crippen molar-refractivity contribution in [2.45, 2.75) is 19.4 Å². The molecule has 27 heavy (non-hydrogen) atoms. The number of ether oxygens (including phenoxy) is 1. The number of aryl methyl sites for hydroxylation is 1. The first-order valence-corrected chi connectivity index (χ1v) is 10.2. The third-order valence-corrected chi connectivity index (χ3v) is 5.38. The van der Waals surface area contributed by atoms with Gasteiger partial charge in [0.15, 0.2) is 0 Å². The first kappa shape index (κ1) is 19.0. The van der Waals surface area contributed by atoms with E-state index in [0.29, 0.717) is 18.8 Å². The van der Waals surface area contributed by atoms with Gasteiger partial charge in [-0.3, -0.25) is 9.00 Å². The van der Waals surface area contributed by atoms with E-state index in [1.54, 1.807) is 0 Å². The Bertz CT molecular complexity index is 958. The molecule has 0 aliphatic rings. The normalized spacial score (nSPS) is 12.0. The molecule has 0 saturated heterocycles. The summed E-state index contributed by atoms with van der Waals surface area (Å²) in [6.07, 6.45) is 1.41. The number of carboxylic acids is 1. The minimum Gasteiger partial charge on any atom is -0.487 e. The van der Waals surface area contributed by atoms with E-state index in [1.165, 1.54) is 0 Å². The fraction of sp³-hybridized carbons (Fsp3) is 0.238. The lowest BCUT2D eigenvalue weighted by Crippen LogP contribution is -2.12. The highest BCUT2D eigenvalue weighted by Gasteiger charge is 2.06. The summed E-state index contributed by atoms with van der Waals surface area (Å²) in [5.74, 6) is -0.166. The number of hydrogen-bond donors (Lipinski definition) is 1. The van der Waals surface area contributed by atoms with Crippen LogP contribution in [0.3, 0.4) is 0 Å². The van der Waals surface area contributed by atoms with E-state index in [4.69, 9.17) is 9.84 Å². The minimum absolute atomic E-state index is 0.290. The average Bonchev–Trinajstić information content (AvgIpc) is 2.66. The molecule has 0 aliphatic heterocycles. The third-order valence-electron chi connectivity index (χ3n) is 4.06. The van der Waals surface area contributed by atoms with Crippen molar-refractivity contribution in [2.24, 2.45) is 0 Å². The van der Waals surface area contributed by atoms with Gasteiger partial charge in [0.25, 0.3) is 0 Å². The molecule has 3 rings (SSSR count). The van der Waals surface area contributed by atoms with E-state index in [9.17, 15) is 9.00 Å². The standard InChI is InChI=1S/C21H21NO4S/c23-21(24)15-27(25)12-4-6-16-5-3-8-19(13-16)26-14-18-11-10-17-7-1-2-9-20(17)22-18/h1-3,5,7-11,13H,4,6,12,14-15H2,(H,23,24). The number of aromatic nitrogens is 1. The molecule has 3 aromatic rings. The highest BCUT2D eigenvalue weighted by Crippen LogP contribution is 2.17.